The van der Waals surface area contributed by atoms with E-state index in [1.165, 1.54) is 0 Å². The molecule has 1 saturated heterocycles. The van der Waals surface area contributed by atoms with Crippen LogP contribution >= 0.6 is 11.8 Å². The van der Waals surface area contributed by atoms with Crippen molar-refractivity contribution in [2.45, 2.75) is 70.3 Å². The van der Waals surface area contributed by atoms with Gasteiger partial charge in [0.25, 0.3) is 4.87 Å². The summed E-state index contributed by atoms with van der Waals surface area (Å²) < 4.78 is 41.9. The van der Waals surface area contributed by atoms with Crippen molar-refractivity contribution >= 4 is 39.6 Å². The van der Waals surface area contributed by atoms with E-state index >= 15 is 0 Å². The zero-order valence-corrected chi connectivity index (χ0v) is 28.7. The Hall–Kier alpha value is -4.03. The van der Waals surface area contributed by atoms with E-state index in [-0.39, 0.29) is 46.7 Å². The smallest absolute Gasteiger partial charge is 0.426 e. The third-order valence-corrected chi connectivity index (χ3v) is 12.8. The van der Waals surface area contributed by atoms with Crippen LogP contribution < -0.4 is 11.5 Å². The Balaban J connectivity index is 1.53. The van der Waals surface area contributed by atoms with Crippen LogP contribution in [-0.4, -0.2) is 59.6 Å². The van der Waals surface area contributed by atoms with E-state index in [0.29, 0.717) is 23.3 Å². The van der Waals surface area contributed by atoms with Crippen molar-refractivity contribution in [3.8, 4) is 11.1 Å². The number of amides is 1. The molecule has 2 aromatic carbocycles. The van der Waals surface area contributed by atoms with Crippen LogP contribution in [0.3, 0.4) is 0 Å². The van der Waals surface area contributed by atoms with Crippen LogP contribution in [0.15, 0.2) is 75.3 Å². The fraction of sp³-hybridized carbons (Fsp3) is 0.441. The molecule has 5 N–H and O–H groups in total. The van der Waals surface area contributed by atoms with Gasteiger partial charge in [0.05, 0.1) is 4.91 Å². The lowest BCUT2D eigenvalue weighted by Crippen LogP contribution is -2.59. The molecular formula is C34H41ClN4O7S. The SMILES string of the molecule is CC1=C2OC(C)(C)CC2C(C)C(S(=O)(=O)[C@](CCCN=C(N)N)(C(=O)O)N(Cl)C(=O)OCC2c3ccccc3-c3ccccc32)=C1C. The maximum atomic E-state index is 14.9. The Morgan fingerprint density at radius 3 is 2.21 bits per heavy atom. The van der Waals surface area contributed by atoms with Crippen LogP contribution in [0.25, 0.3) is 11.1 Å². The maximum absolute atomic E-state index is 14.9. The summed E-state index contributed by atoms with van der Waals surface area (Å²) in [6.07, 6.45) is -1.51. The quantitative estimate of drug-likeness (QED) is 0.124. The monoisotopic (exact) mass is 684 g/mol. The Labute approximate surface area is 280 Å². The average molecular weight is 685 g/mol. The zero-order valence-electron chi connectivity index (χ0n) is 27.1. The van der Waals surface area contributed by atoms with E-state index < -0.39 is 44.7 Å². The van der Waals surface area contributed by atoms with E-state index in [2.05, 4.69) is 4.99 Å². The number of carboxylic acids is 1. The van der Waals surface area contributed by atoms with E-state index in [1.807, 2.05) is 62.4 Å². The summed E-state index contributed by atoms with van der Waals surface area (Å²) >= 11 is 6.62. The van der Waals surface area contributed by atoms with Gasteiger partial charge in [-0.2, -0.15) is 4.42 Å². The van der Waals surface area contributed by atoms with Crippen molar-refractivity contribution in [1.82, 2.24) is 4.42 Å². The van der Waals surface area contributed by atoms with E-state index in [9.17, 15) is 23.1 Å². The number of guanidine groups is 1. The van der Waals surface area contributed by atoms with Crippen molar-refractivity contribution in [2.75, 3.05) is 13.2 Å². The molecule has 5 rings (SSSR count). The molecule has 0 saturated carbocycles. The third-order valence-electron chi connectivity index (χ3n) is 9.60. The van der Waals surface area contributed by atoms with Gasteiger partial charge in [0, 0.05) is 36.1 Å². The second-order valence-corrected chi connectivity index (χ2v) is 15.5. The number of nitrogens with zero attached hydrogens (tertiary/aromatic N) is 2. The minimum atomic E-state index is -4.90. The average Bonchev–Trinajstić information content (AvgIpc) is 3.52. The molecule has 3 aliphatic rings. The van der Waals surface area contributed by atoms with Crippen LogP contribution in [0.1, 0.15) is 70.9 Å². The highest BCUT2D eigenvalue weighted by molar-refractivity contribution is 7.97. The number of sulfone groups is 1. The van der Waals surface area contributed by atoms with E-state index in [1.54, 1.807) is 20.8 Å². The summed E-state index contributed by atoms with van der Waals surface area (Å²) in [7, 11) is -4.90. The fourth-order valence-corrected chi connectivity index (χ4v) is 10.3. The van der Waals surface area contributed by atoms with Crippen LogP contribution in [0.5, 0.6) is 0 Å². The first-order chi connectivity index (χ1) is 22.0. The van der Waals surface area contributed by atoms with Gasteiger partial charge in [-0.3, -0.25) is 4.99 Å². The van der Waals surface area contributed by atoms with Crippen molar-refractivity contribution in [3.63, 3.8) is 0 Å². The molecule has 11 nitrogen and oxygen atoms in total. The standard InChI is InChI=1S/C34H41ClN4O7S/c1-19-20(2)29(21(3)26-17-33(4,5)46-28(19)26)47(43,44)34(30(40)41,15-10-16-38-31(36)37)39(35)32(42)45-18-27-24-13-8-6-11-22(24)23-12-7-9-14-25(23)27/h6-9,11-14,21,26-27H,10,15-18H2,1-5H3,(H,40,41)(H4,36,37,38)/t21?,26?,34-/m1/s1. The molecule has 1 aliphatic heterocycles. The molecule has 0 radical (unpaired) electrons. The van der Waals surface area contributed by atoms with E-state index in [4.69, 9.17) is 32.7 Å². The number of carbonyl (C=O) groups excluding carboxylic acids is 1. The van der Waals surface area contributed by atoms with Gasteiger partial charge in [-0.15, -0.1) is 0 Å². The first-order valence-corrected chi connectivity index (χ1v) is 17.3. The number of hydrogen-bond acceptors (Lipinski definition) is 7. The predicted octanol–water partition coefficient (Wildman–Crippen LogP) is 5.65. The Morgan fingerprint density at radius 2 is 1.66 bits per heavy atom. The molecule has 3 atom stereocenters. The number of benzene rings is 2. The number of hydrogen-bond donors (Lipinski definition) is 3. The molecule has 2 aromatic rings. The second kappa shape index (κ2) is 12.5. The van der Waals surface area contributed by atoms with Crippen LogP contribution in [0.2, 0.25) is 0 Å². The highest BCUT2D eigenvalue weighted by Gasteiger charge is 2.62. The number of carboxylic acid groups (broad SMARTS) is 1. The Morgan fingerprint density at radius 1 is 1.09 bits per heavy atom. The van der Waals surface area contributed by atoms with Gasteiger partial charge in [0.15, 0.2) is 5.96 Å². The van der Waals surface area contributed by atoms with Gasteiger partial charge >= 0.3 is 12.1 Å². The van der Waals surface area contributed by atoms with Crippen LogP contribution in [-0.2, 0) is 24.1 Å². The first-order valence-electron chi connectivity index (χ1n) is 15.5. The topological polar surface area (TPSA) is 175 Å². The molecule has 13 heteroatoms. The number of carbonyl (C=O) groups is 2. The minimum absolute atomic E-state index is 0.0936. The number of fused-ring (bicyclic) bond motifs is 4. The summed E-state index contributed by atoms with van der Waals surface area (Å²) in [5.74, 6) is -2.73. The summed E-state index contributed by atoms with van der Waals surface area (Å²) in [6, 6.07) is 15.4. The number of rotatable bonds is 10. The second-order valence-electron chi connectivity index (χ2n) is 13.0. The van der Waals surface area contributed by atoms with Gasteiger partial charge in [-0.1, -0.05) is 55.5 Å². The highest BCUT2D eigenvalue weighted by Crippen LogP contribution is 2.53. The van der Waals surface area contributed by atoms with Gasteiger partial charge in [-0.25, -0.2) is 18.0 Å². The summed E-state index contributed by atoms with van der Waals surface area (Å²) in [5.41, 5.74) is 15.2. The largest absolute Gasteiger partial charge is 0.492 e. The molecule has 2 aliphatic carbocycles. The zero-order chi connectivity index (χ0) is 34.5. The minimum Gasteiger partial charge on any atom is -0.492 e. The van der Waals surface area contributed by atoms with Crippen molar-refractivity contribution in [1.29, 1.82) is 0 Å². The molecule has 1 fully saturated rings. The molecular weight excluding hydrogens is 644 g/mol. The Kier molecular flexibility index (Phi) is 9.15. The molecule has 1 heterocycles. The lowest BCUT2D eigenvalue weighted by Gasteiger charge is -2.39. The summed E-state index contributed by atoms with van der Waals surface area (Å²) in [4.78, 5) is 27.9. The van der Waals surface area contributed by atoms with Crippen molar-refractivity contribution in [3.05, 3.63) is 81.5 Å². The lowest BCUT2D eigenvalue weighted by atomic mass is 9.79. The van der Waals surface area contributed by atoms with E-state index in [0.717, 1.165) is 22.3 Å². The number of nitrogens with two attached hydrogens (primary N) is 2. The summed E-state index contributed by atoms with van der Waals surface area (Å²) in [5, 5.41) is 10.8. The van der Waals surface area contributed by atoms with Crippen molar-refractivity contribution < 1.29 is 32.6 Å². The van der Waals surface area contributed by atoms with Gasteiger partial charge in [-0.05, 0) is 80.4 Å². The molecule has 2 unspecified atom stereocenters. The lowest BCUT2D eigenvalue weighted by molar-refractivity contribution is -0.143. The third kappa shape index (κ3) is 5.75. The molecule has 1 amide bonds. The highest BCUT2D eigenvalue weighted by atomic mass is 35.5. The molecule has 0 bridgehead atoms. The molecule has 0 aromatic heterocycles. The predicted molar refractivity (Wildman–Crippen MR) is 180 cm³/mol. The number of halogens is 1. The maximum Gasteiger partial charge on any atom is 0.426 e. The number of aliphatic imine (C=N–C) groups is 1. The number of aliphatic carboxylic acids is 1. The number of ether oxygens (including phenoxy) is 2. The van der Waals surface area contributed by atoms with Gasteiger partial charge in [0.1, 0.15) is 18.0 Å². The van der Waals surface area contributed by atoms with Crippen LogP contribution in [0.4, 0.5) is 4.79 Å². The van der Waals surface area contributed by atoms with Crippen molar-refractivity contribution in [2.24, 2.45) is 28.3 Å². The van der Waals surface area contributed by atoms with Gasteiger partial charge < -0.3 is 26.0 Å². The fourth-order valence-electron chi connectivity index (χ4n) is 7.29. The normalized spacial score (nSPS) is 21.2. The number of allylic oxidation sites excluding steroid dienone is 4. The van der Waals surface area contributed by atoms with Gasteiger partial charge in [0.2, 0.25) is 9.84 Å². The molecule has 47 heavy (non-hydrogen) atoms. The summed E-state index contributed by atoms with van der Waals surface area (Å²) in [6.45, 7) is 8.66. The Bertz CT molecular complexity index is 1770. The molecule has 0 spiro atoms. The first kappa shape index (κ1) is 34.3. The van der Waals surface area contributed by atoms with Crippen LogP contribution in [0, 0.1) is 11.8 Å². The molecule has 252 valence electrons.